The summed E-state index contributed by atoms with van der Waals surface area (Å²) >= 11 is 0. The lowest BCUT2D eigenvalue weighted by atomic mass is 10.0. The number of urea groups is 1. The molecule has 0 saturated carbocycles. The Labute approximate surface area is 141 Å². The van der Waals surface area contributed by atoms with E-state index in [1.54, 1.807) is 17.1 Å². The molecule has 0 radical (unpaired) electrons. The Bertz CT molecular complexity index is 621. The molecule has 0 aliphatic carbocycles. The highest BCUT2D eigenvalue weighted by Crippen LogP contribution is 2.16. The van der Waals surface area contributed by atoms with E-state index in [-0.39, 0.29) is 6.03 Å². The maximum absolute atomic E-state index is 11.9. The molecular weight excluding hydrogens is 306 g/mol. The molecule has 128 valence electrons. The Morgan fingerprint density at radius 3 is 2.88 bits per heavy atom. The van der Waals surface area contributed by atoms with Crippen molar-refractivity contribution in [3.05, 3.63) is 36.7 Å². The third kappa shape index (κ3) is 4.79. The molecule has 0 bridgehead atoms. The quantitative estimate of drug-likeness (QED) is 0.799. The van der Waals surface area contributed by atoms with Crippen LogP contribution in [0.15, 0.2) is 36.7 Å². The molecule has 7 heteroatoms. The van der Waals surface area contributed by atoms with Crippen LogP contribution in [0.1, 0.15) is 32.1 Å². The van der Waals surface area contributed by atoms with Crippen molar-refractivity contribution < 1.29 is 9.53 Å². The predicted octanol–water partition coefficient (Wildman–Crippen LogP) is 2.74. The van der Waals surface area contributed by atoms with Crippen molar-refractivity contribution in [1.29, 1.82) is 0 Å². The second kappa shape index (κ2) is 8.44. The number of rotatable bonds is 6. The van der Waals surface area contributed by atoms with E-state index in [9.17, 15) is 4.79 Å². The number of carbonyl (C=O) groups is 1. The van der Waals surface area contributed by atoms with Crippen LogP contribution in [0.25, 0.3) is 5.69 Å². The van der Waals surface area contributed by atoms with Gasteiger partial charge < -0.3 is 15.4 Å². The van der Waals surface area contributed by atoms with Gasteiger partial charge in [-0.3, -0.25) is 0 Å². The lowest BCUT2D eigenvalue weighted by Crippen LogP contribution is -2.30. The van der Waals surface area contributed by atoms with Crippen LogP contribution in [0.3, 0.4) is 0 Å². The van der Waals surface area contributed by atoms with Crippen molar-refractivity contribution in [2.45, 2.75) is 38.2 Å². The maximum Gasteiger partial charge on any atom is 0.319 e. The van der Waals surface area contributed by atoms with E-state index >= 15 is 0 Å². The Balaban J connectivity index is 1.37. The van der Waals surface area contributed by atoms with Crippen molar-refractivity contribution in [3.8, 4) is 5.69 Å². The van der Waals surface area contributed by atoms with E-state index in [4.69, 9.17) is 4.74 Å². The van der Waals surface area contributed by atoms with E-state index in [1.165, 1.54) is 12.8 Å². The smallest absolute Gasteiger partial charge is 0.319 e. The summed E-state index contributed by atoms with van der Waals surface area (Å²) in [4.78, 5) is 11.9. The zero-order valence-corrected chi connectivity index (χ0v) is 13.6. The highest BCUT2D eigenvalue weighted by Gasteiger charge is 2.13. The average molecular weight is 329 g/mol. The predicted molar refractivity (Wildman–Crippen MR) is 91.2 cm³/mol. The second-order valence-electron chi connectivity index (χ2n) is 5.91. The number of hydrogen-bond acceptors (Lipinski definition) is 4. The van der Waals surface area contributed by atoms with Crippen LogP contribution in [-0.4, -0.2) is 40.3 Å². The van der Waals surface area contributed by atoms with E-state index in [1.807, 2.05) is 24.3 Å². The van der Waals surface area contributed by atoms with Crippen LogP contribution in [-0.2, 0) is 4.74 Å². The lowest BCUT2D eigenvalue weighted by molar-refractivity contribution is 0.0103. The molecule has 1 aromatic carbocycles. The van der Waals surface area contributed by atoms with Gasteiger partial charge in [0.2, 0.25) is 0 Å². The first kappa shape index (κ1) is 16.4. The number of amides is 2. The molecule has 2 amide bonds. The van der Waals surface area contributed by atoms with E-state index in [2.05, 4.69) is 20.9 Å². The van der Waals surface area contributed by atoms with Crippen LogP contribution >= 0.6 is 0 Å². The third-order valence-corrected chi connectivity index (χ3v) is 4.07. The number of ether oxygens (including phenoxy) is 1. The number of benzene rings is 1. The topological polar surface area (TPSA) is 81.1 Å². The van der Waals surface area contributed by atoms with Gasteiger partial charge in [0, 0.05) is 18.8 Å². The summed E-state index contributed by atoms with van der Waals surface area (Å²) in [5, 5.41) is 13.4. The summed E-state index contributed by atoms with van der Waals surface area (Å²) in [5.41, 5.74) is 1.64. The van der Waals surface area contributed by atoms with Gasteiger partial charge in [0.25, 0.3) is 0 Å². The number of aromatic nitrogens is 3. The van der Waals surface area contributed by atoms with E-state index in [0.717, 1.165) is 37.2 Å². The van der Waals surface area contributed by atoms with Gasteiger partial charge in [-0.05, 0) is 56.4 Å². The van der Waals surface area contributed by atoms with Gasteiger partial charge in [0.1, 0.15) is 0 Å². The first-order chi connectivity index (χ1) is 11.8. The summed E-state index contributed by atoms with van der Waals surface area (Å²) in [6, 6.07) is 7.25. The summed E-state index contributed by atoms with van der Waals surface area (Å²) in [6.45, 7) is 1.53. The highest BCUT2D eigenvalue weighted by molar-refractivity contribution is 5.89. The van der Waals surface area contributed by atoms with Crippen molar-refractivity contribution in [1.82, 2.24) is 20.3 Å². The largest absolute Gasteiger partial charge is 0.378 e. The number of nitrogens with zero attached hydrogens (tertiary/aromatic N) is 3. The first-order valence-electron chi connectivity index (χ1n) is 8.44. The number of nitrogens with one attached hydrogen (secondary N) is 2. The van der Waals surface area contributed by atoms with Gasteiger partial charge in [0.05, 0.1) is 24.2 Å². The third-order valence-electron chi connectivity index (χ3n) is 4.07. The van der Waals surface area contributed by atoms with Crippen LogP contribution in [0, 0.1) is 0 Å². The number of anilines is 1. The molecule has 0 spiro atoms. The molecule has 2 aromatic rings. The molecule has 2 N–H and O–H groups in total. The molecule has 2 heterocycles. The monoisotopic (exact) mass is 329 g/mol. The van der Waals surface area contributed by atoms with Gasteiger partial charge in [-0.25, -0.2) is 9.48 Å². The Kier molecular flexibility index (Phi) is 5.79. The van der Waals surface area contributed by atoms with Crippen LogP contribution in [0.4, 0.5) is 10.5 Å². The second-order valence-corrected chi connectivity index (χ2v) is 5.91. The molecule has 1 saturated heterocycles. The molecule has 1 aliphatic rings. The van der Waals surface area contributed by atoms with E-state index in [0.29, 0.717) is 12.6 Å². The average Bonchev–Trinajstić information content (AvgIpc) is 3.15. The highest BCUT2D eigenvalue weighted by atomic mass is 16.5. The Hall–Kier alpha value is -2.41. The van der Waals surface area contributed by atoms with Crippen LogP contribution < -0.4 is 10.6 Å². The standard InChI is InChI=1S/C17H23N5O2/c23-17(18-10-3-5-16-4-1-2-13-24-16)20-14-6-8-15(9-7-14)22-12-11-19-21-22/h6-9,11-12,16H,1-5,10,13H2,(H2,18,20,23). The molecule has 1 aliphatic heterocycles. The van der Waals surface area contributed by atoms with Gasteiger partial charge in [-0.2, -0.15) is 0 Å². The minimum atomic E-state index is -0.187. The van der Waals surface area contributed by atoms with Crippen molar-refractivity contribution in [3.63, 3.8) is 0 Å². The minimum Gasteiger partial charge on any atom is -0.378 e. The van der Waals surface area contributed by atoms with Crippen LogP contribution in [0.2, 0.25) is 0 Å². The van der Waals surface area contributed by atoms with Gasteiger partial charge in [0.15, 0.2) is 0 Å². The fourth-order valence-corrected chi connectivity index (χ4v) is 2.79. The maximum atomic E-state index is 11.9. The molecule has 1 atom stereocenters. The molecule has 1 fully saturated rings. The number of hydrogen-bond donors (Lipinski definition) is 2. The molecule has 7 nitrogen and oxygen atoms in total. The summed E-state index contributed by atoms with van der Waals surface area (Å²) in [6.07, 6.45) is 9.27. The summed E-state index contributed by atoms with van der Waals surface area (Å²) < 4.78 is 7.35. The Morgan fingerprint density at radius 2 is 2.17 bits per heavy atom. The molecular formula is C17H23N5O2. The molecule has 1 unspecified atom stereocenters. The van der Waals surface area contributed by atoms with Crippen LogP contribution in [0.5, 0.6) is 0 Å². The normalized spacial score (nSPS) is 17.4. The summed E-state index contributed by atoms with van der Waals surface area (Å²) in [5.74, 6) is 0. The van der Waals surface area contributed by atoms with Crippen molar-refractivity contribution in [2.75, 3.05) is 18.5 Å². The van der Waals surface area contributed by atoms with E-state index < -0.39 is 0 Å². The Morgan fingerprint density at radius 1 is 1.29 bits per heavy atom. The zero-order valence-electron chi connectivity index (χ0n) is 13.6. The van der Waals surface area contributed by atoms with Gasteiger partial charge in [-0.15, -0.1) is 5.10 Å². The molecule has 3 rings (SSSR count). The van der Waals surface area contributed by atoms with Gasteiger partial charge >= 0.3 is 6.03 Å². The fourth-order valence-electron chi connectivity index (χ4n) is 2.79. The first-order valence-corrected chi connectivity index (χ1v) is 8.44. The number of carbonyl (C=O) groups excluding carboxylic acids is 1. The van der Waals surface area contributed by atoms with Crippen molar-refractivity contribution >= 4 is 11.7 Å². The molecule has 1 aromatic heterocycles. The lowest BCUT2D eigenvalue weighted by Gasteiger charge is -2.22. The van der Waals surface area contributed by atoms with Crippen molar-refractivity contribution in [2.24, 2.45) is 0 Å². The fraction of sp³-hybridized carbons (Fsp3) is 0.471. The van der Waals surface area contributed by atoms with Gasteiger partial charge in [-0.1, -0.05) is 5.21 Å². The minimum absolute atomic E-state index is 0.187. The zero-order chi connectivity index (χ0) is 16.6. The SMILES string of the molecule is O=C(NCCCC1CCCCO1)Nc1ccc(-n2ccnn2)cc1. The summed E-state index contributed by atoms with van der Waals surface area (Å²) in [7, 11) is 0. The molecule has 24 heavy (non-hydrogen) atoms.